The number of nitrogen functional groups attached to an aromatic ring is 1. The molecule has 0 aliphatic heterocycles. The minimum absolute atomic E-state index is 0.109. The fourth-order valence-corrected chi connectivity index (χ4v) is 2.36. The first-order valence-electron chi connectivity index (χ1n) is 5.05. The van der Waals surface area contributed by atoms with E-state index in [4.69, 9.17) is 15.3 Å². The van der Waals surface area contributed by atoms with Crippen LogP contribution in [0.15, 0.2) is 39.8 Å². The first kappa shape index (κ1) is 12.5. The van der Waals surface area contributed by atoms with Crippen molar-refractivity contribution in [2.24, 2.45) is 0 Å². The molecule has 4 nitrogen and oxygen atoms in total. The van der Waals surface area contributed by atoms with Crippen molar-refractivity contribution < 1.29 is 18.7 Å². The normalized spacial score (nSPS) is 10.5. The number of hydrogen-bond donors (Lipinski definition) is 2. The van der Waals surface area contributed by atoms with Crippen LogP contribution in [0.1, 0.15) is 16.1 Å². The van der Waals surface area contributed by atoms with Gasteiger partial charge < -0.3 is 15.3 Å². The molecule has 0 bridgehead atoms. The molecule has 2 aromatic rings. The summed E-state index contributed by atoms with van der Waals surface area (Å²) < 4.78 is 18.1. The summed E-state index contributed by atoms with van der Waals surface area (Å²) in [5.41, 5.74) is 6.25. The molecule has 1 heterocycles. The van der Waals surface area contributed by atoms with E-state index >= 15 is 0 Å². The fourth-order valence-electron chi connectivity index (χ4n) is 1.42. The van der Waals surface area contributed by atoms with Gasteiger partial charge in [0.1, 0.15) is 17.1 Å². The zero-order valence-electron chi connectivity index (χ0n) is 9.22. The van der Waals surface area contributed by atoms with Crippen LogP contribution in [0.5, 0.6) is 0 Å². The topological polar surface area (TPSA) is 76.5 Å². The van der Waals surface area contributed by atoms with Gasteiger partial charge in [0.2, 0.25) is 0 Å². The second-order valence-electron chi connectivity index (χ2n) is 3.53. The maximum atomic E-state index is 13.0. The van der Waals surface area contributed by atoms with Crippen LogP contribution >= 0.6 is 11.8 Å². The average Bonchev–Trinajstić information content (AvgIpc) is 2.79. The first-order chi connectivity index (χ1) is 8.58. The summed E-state index contributed by atoms with van der Waals surface area (Å²) >= 11 is 1.23. The molecule has 6 heteroatoms. The van der Waals surface area contributed by atoms with E-state index < -0.39 is 5.97 Å². The van der Waals surface area contributed by atoms with Gasteiger partial charge in [-0.25, -0.2) is 9.18 Å². The van der Waals surface area contributed by atoms with Gasteiger partial charge in [0, 0.05) is 10.6 Å². The lowest BCUT2D eigenvalue weighted by Gasteiger charge is -2.04. The molecule has 0 saturated carbocycles. The summed E-state index contributed by atoms with van der Waals surface area (Å²) in [5, 5.41) is 8.90. The SMILES string of the molecule is Nc1ccc(F)cc1SCc1occc1C(=O)O. The minimum Gasteiger partial charge on any atom is -0.478 e. The number of rotatable bonds is 4. The largest absolute Gasteiger partial charge is 0.478 e. The summed E-state index contributed by atoms with van der Waals surface area (Å²) in [6.45, 7) is 0. The zero-order chi connectivity index (χ0) is 13.1. The van der Waals surface area contributed by atoms with Crippen LogP contribution in [0, 0.1) is 5.82 Å². The van der Waals surface area contributed by atoms with E-state index in [9.17, 15) is 9.18 Å². The Morgan fingerprint density at radius 1 is 1.44 bits per heavy atom. The van der Waals surface area contributed by atoms with Crippen LogP contribution in [0.25, 0.3) is 0 Å². The first-order valence-corrected chi connectivity index (χ1v) is 6.04. The molecule has 0 radical (unpaired) electrons. The third-order valence-electron chi connectivity index (χ3n) is 2.31. The van der Waals surface area contributed by atoms with Crippen LogP contribution in [-0.2, 0) is 5.75 Å². The maximum absolute atomic E-state index is 13.0. The number of aromatic carboxylic acids is 1. The van der Waals surface area contributed by atoms with Gasteiger partial charge in [0.25, 0.3) is 0 Å². The molecule has 0 amide bonds. The number of carboxylic acids is 1. The lowest BCUT2D eigenvalue weighted by molar-refractivity contribution is 0.0695. The van der Waals surface area contributed by atoms with Crippen molar-refractivity contribution in [3.8, 4) is 0 Å². The Kier molecular flexibility index (Phi) is 3.57. The van der Waals surface area contributed by atoms with Crippen molar-refractivity contribution in [1.82, 2.24) is 0 Å². The van der Waals surface area contributed by atoms with Crippen molar-refractivity contribution >= 4 is 23.4 Å². The number of furan rings is 1. The second-order valence-corrected chi connectivity index (χ2v) is 4.55. The molecule has 18 heavy (non-hydrogen) atoms. The summed E-state index contributed by atoms with van der Waals surface area (Å²) in [4.78, 5) is 11.4. The highest BCUT2D eigenvalue weighted by Gasteiger charge is 2.14. The fraction of sp³-hybridized carbons (Fsp3) is 0.0833. The number of benzene rings is 1. The molecule has 0 fully saturated rings. The summed E-state index contributed by atoms with van der Waals surface area (Å²) in [6, 6.07) is 5.43. The molecule has 0 unspecified atom stereocenters. The van der Waals surface area contributed by atoms with Gasteiger partial charge in [-0.2, -0.15) is 0 Å². The van der Waals surface area contributed by atoms with Crippen molar-refractivity contribution in [2.45, 2.75) is 10.6 Å². The molecule has 1 aromatic heterocycles. The molecular formula is C12H10FNO3S. The Labute approximate surface area is 107 Å². The number of nitrogens with two attached hydrogens (primary N) is 1. The highest BCUT2D eigenvalue weighted by molar-refractivity contribution is 7.98. The molecule has 0 aliphatic rings. The van der Waals surface area contributed by atoms with Gasteiger partial charge in [-0.1, -0.05) is 0 Å². The molecule has 0 saturated heterocycles. The van der Waals surface area contributed by atoms with Crippen molar-refractivity contribution in [1.29, 1.82) is 0 Å². The van der Waals surface area contributed by atoms with Crippen LogP contribution in [-0.4, -0.2) is 11.1 Å². The number of carbonyl (C=O) groups is 1. The lowest BCUT2D eigenvalue weighted by Crippen LogP contribution is -1.98. The molecule has 0 spiro atoms. The predicted molar refractivity (Wildman–Crippen MR) is 66.0 cm³/mol. The van der Waals surface area contributed by atoms with Gasteiger partial charge in [-0.3, -0.25) is 0 Å². The Hall–Kier alpha value is -1.95. The molecule has 2 rings (SSSR count). The van der Waals surface area contributed by atoms with Gasteiger partial charge in [0.15, 0.2) is 0 Å². The number of thioether (sulfide) groups is 1. The molecule has 3 N–H and O–H groups in total. The quantitative estimate of drug-likeness (QED) is 0.657. The van der Waals surface area contributed by atoms with E-state index in [1.165, 1.54) is 42.3 Å². The average molecular weight is 267 g/mol. The van der Waals surface area contributed by atoms with Crippen LogP contribution in [0.3, 0.4) is 0 Å². The van der Waals surface area contributed by atoms with E-state index in [2.05, 4.69) is 0 Å². The van der Waals surface area contributed by atoms with Gasteiger partial charge >= 0.3 is 5.97 Å². The van der Waals surface area contributed by atoms with Crippen LogP contribution in [0.2, 0.25) is 0 Å². The molecule has 94 valence electrons. The Balaban J connectivity index is 2.14. The molecular weight excluding hydrogens is 257 g/mol. The zero-order valence-corrected chi connectivity index (χ0v) is 10.0. The summed E-state index contributed by atoms with van der Waals surface area (Å²) in [7, 11) is 0. The number of halogens is 1. The van der Waals surface area contributed by atoms with Crippen LogP contribution in [0.4, 0.5) is 10.1 Å². The third kappa shape index (κ3) is 2.65. The Morgan fingerprint density at radius 2 is 2.22 bits per heavy atom. The van der Waals surface area contributed by atoms with E-state index in [1.54, 1.807) is 0 Å². The van der Waals surface area contributed by atoms with E-state index in [0.717, 1.165) is 0 Å². The van der Waals surface area contributed by atoms with E-state index in [1.807, 2.05) is 0 Å². The number of hydrogen-bond acceptors (Lipinski definition) is 4. The summed E-state index contributed by atoms with van der Waals surface area (Å²) in [5.74, 6) is -0.824. The van der Waals surface area contributed by atoms with E-state index in [-0.39, 0.29) is 17.1 Å². The number of anilines is 1. The van der Waals surface area contributed by atoms with Gasteiger partial charge in [0.05, 0.1) is 12.0 Å². The molecule has 0 atom stereocenters. The van der Waals surface area contributed by atoms with Gasteiger partial charge in [-0.05, 0) is 24.3 Å². The third-order valence-corrected chi connectivity index (χ3v) is 3.38. The van der Waals surface area contributed by atoms with Crippen LogP contribution < -0.4 is 5.73 Å². The van der Waals surface area contributed by atoms with Gasteiger partial charge in [-0.15, -0.1) is 11.8 Å². The summed E-state index contributed by atoms with van der Waals surface area (Å²) in [6.07, 6.45) is 1.31. The highest BCUT2D eigenvalue weighted by atomic mass is 32.2. The van der Waals surface area contributed by atoms with E-state index in [0.29, 0.717) is 16.3 Å². The van der Waals surface area contributed by atoms with Crippen molar-refractivity contribution in [3.63, 3.8) is 0 Å². The molecule has 1 aromatic carbocycles. The highest BCUT2D eigenvalue weighted by Crippen LogP contribution is 2.30. The molecule has 0 aliphatic carbocycles. The minimum atomic E-state index is -1.05. The maximum Gasteiger partial charge on any atom is 0.339 e. The van der Waals surface area contributed by atoms with Crippen molar-refractivity contribution in [3.05, 3.63) is 47.7 Å². The Bertz CT molecular complexity index is 582. The second kappa shape index (κ2) is 5.14. The Morgan fingerprint density at radius 3 is 2.94 bits per heavy atom. The monoisotopic (exact) mass is 267 g/mol. The van der Waals surface area contributed by atoms with Crippen molar-refractivity contribution in [2.75, 3.05) is 5.73 Å². The number of carboxylic acid groups (broad SMARTS) is 1. The standard InChI is InChI=1S/C12H10FNO3S/c13-7-1-2-9(14)11(5-7)18-6-10-8(12(15)16)3-4-17-10/h1-5H,6,14H2,(H,15,16). The lowest BCUT2D eigenvalue weighted by atomic mass is 10.3. The predicted octanol–water partition coefficient (Wildman–Crippen LogP) is 2.99. The smallest absolute Gasteiger partial charge is 0.339 e.